The van der Waals surface area contributed by atoms with Gasteiger partial charge < -0.3 is 9.84 Å². The molecule has 0 saturated carbocycles. The van der Waals surface area contributed by atoms with Gasteiger partial charge in [-0.1, -0.05) is 34.6 Å². The highest BCUT2D eigenvalue weighted by Crippen LogP contribution is 2.34. The molecule has 0 unspecified atom stereocenters. The number of epoxide rings is 1. The Labute approximate surface area is 107 Å². The minimum atomic E-state index is 0.130. The Bertz CT molecular complexity index is 215. The van der Waals surface area contributed by atoms with Crippen molar-refractivity contribution in [3.63, 3.8) is 0 Å². The summed E-state index contributed by atoms with van der Waals surface area (Å²) in [6.45, 7) is 11.8. The molecule has 17 heavy (non-hydrogen) atoms. The van der Waals surface area contributed by atoms with Crippen LogP contribution in [0, 0.1) is 23.7 Å². The molecule has 0 aromatic carbocycles. The molecule has 1 heterocycles. The molecule has 2 heteroatoms. The topological polar surface area (TPSA) is 32.8 Å². The van der Waals surface area contributed by atoms with E-state index in [4.69, 9.17) is 9.84 Å². The second-order valence-corrected chi connectivity index (χ2v) is 6.61. The third kappa shape index (κ3) is 5.39. The van der Waals surface area contributed by atoms with Crippen molar-refractivity contribution < 1.29 is 9.84 Å². The van der Waals surface area contributed by atoms with Gasteiger partial charge in [-0.3, -0.25) is 0 Å². The van der Waals surface area contributed by atoms with Gasteiger partial charge in [0.05, 0.1) is 12.7 Å². The van der Waals surface area contributed by atoms with Crippen molar-refractivity contribution in [1.82, 2.24) is 0 Å². The van der Waals surface area contributed by atoms with Crippen molar-refractivity contribution in [2.75, 3.05) is 6.61 Å². The second-order valence-electron chi connectivity index (χ2n) is 6.61. The van der Waals surface area contributed by atoms with Crippen LogP contribution < -0.4 is 0 Å². The molecule has 0 spiro atoms. The minimum Gasteiger partial charge on any atom is -0.394 e. The van der Waals surface area contributed by atoms with Gasteiger partial charge in [-0.25, -0.2) is 0 Å². The van der Waals surface area contributed by atoms with Crippen LogP contribution in [0.25, 0.3) is 0 Å². The number of aliphatic hydroxyl groups is 1. The molecule has 1 aliphatic heterocycles. The van der Waals surface area contributed by atoms with Crippen LogP contribution in [0.2, 0.25) is 0 Å². The molecule has 0 aliphatic carbocycles. The standard InChI is InChI=1S/C15H30O2/c1-10(2)6-11(3)7-12(4)8-13(5)15-14(9-16)17-15/h10-16H,6-9H2,1-5H3/t11-,12-,13-,14+,15+/m0/s1. The van der Waals surface area contributed by atoms with Crippen LogP contribution in [0.15, 0.2) is 0 Å². The first-order chi connectivity index (χ1) is 7.93. The highest BCUT2D eigenvalue weighted by Gasteiger charge is 2.42. The van der Waals surface area contributed by atoms with Crippen molar-refractivity contribution in [2.45, 2.75) is 66.1 Å². The lowest BCUT2D eigenvalue weighted by Crippen LogP contribution is -2.15. The Morgan fingerprint density at radius 3 is 2.00 bits per heavy atom. The molecule has 1 saturated heterocycles. The van der Waals surface area contributed by atoms with Crippen molar-refractivity contribution in [1.29, 1.82) is 0 Å². The monoisotopic (exact) mass is 242 g/mol. The van der Waals surface area contributed by atoms with Gasteiger partial charge in [0.1, 0.15) is 6.10 Å². The van der Waals surface area contributed by atoms with Gasteiger partial charge in [-0.2, -0.15) is 0 Å². The maximum Gasteiger partial charge on any atom is 0.107 e. The van der Waals surface area contributed by atoms with E-state index in [0.29, 0.717) is 12.0 Å². The fourth-order valence-corrected chi connectivity index (χ4v) is 3.26. The van der Waals surface area contributed by atoms with Crippen molar-refractivity contribution in [2.24, 2.45) is 23.7 Å². The Morgan fingerprint density at radius 1 is 0.941 bits per heavy atom. The molecule has 1 aliphatic rings. The zero-order valence-corrected chi connectivity index (χ0v) is 12.1. The molecule has 0 aromatic heterocycles. The van der Waals surface area contributed by atoms with Crippen LogP contribution in [0.1, 0.15) is 53.9 Å². The second kappa shape index (κ2) is 6.75. The zero-order chi connectivity index (χ0) is 13.0. The van der Waals surface area contributed by atoms with E-state index in [1.165, 1.54) is 19.3 Å². The van der Waals surface area contributed by atoms with E-state index in [2.05, 4.69) is 34.6 Å². The van der Waals surface area contributed by atoms with E-state index in [1.807, 2.05) is 0 Å². The summed E-state index contributed by atoms with van der Waals surface area (Å²) in [5.74, 6) is 2.99. The van der Waals surface area contributed by atoms with Crippen LogP contribution in [0.4, 0.5) is 0 Å². The van der Waals surface area contributed by atoms with Gasteiger partial charge in [0.2, 0.25) is 0 Å². The third-order valence-electron chi connectivity index (χ3n) is 3.82. The van der Waals surface area contributed by atoms with Gasteiger partial charge in [0.15, 0.2) is 0 Å². The van der Waals surface area contributed by atoms with E-state index < -0.39 is 0 Å². The summed E-state index contributed by atoms with van der Waals surface area (Å²) < 4.78 is 5.45. The number of rotatable bonds is 8. The van der Waals surface area contributed by atoms with Crippen molar-refractivity contribution >= 4 is 0 Å². The SMILES string of the molecule is CC(C)C[C@H](C)C[C@H](C)C[C@H](C)[C@H]1O[C@@H]1CO. The van der Waals surface area contributed by atoms with Gasteiger partial charge in [0, 0.05) is 0 Å². The number of ether oxygens (including phenoxy) is 1. The Morgan fingerprint density at radius 2 is 1.53 bits per heavy atom. The average molecular weight is 242 g/mol. The van der Waals surface area contributed by atoms with Crippen LogP contribution in [0.3, 0.4) is 0 Å². The highest BCUT2D eigenvalue weighted by molar-refractivity contribution is 4.88. The summed E-state index contributed by atoms with van der Waals surface area (Å²) in [7, 11) is 0. The quantitative estimate of drug-likeness (QED) is 0.661. The fourth-order valence-electron chi connectivity index (χ4n) is 3.26. The van der Waals surface area contributed by atoms with E-state index in [9.17, 15) is 0 Å². The van der Waals surface area contributed by atoms with E-state index in [1.54, 1.807) is 0 Å². The first-order valence-corrected chi connectivity index (χ1v) is 7.20. The van der Waals surface area contributed by atoms with E-state index in [-0.39, 0.29) is 12.7 Å². The first-order valence-electron chi connectivity index (χ1n) is 7.20. The molecule has 102 valence electrons. The maximum absolute atomic E-state index is 8.98. The largest absolute Gasteiger partial charge is 0.394 e. The molecule has 0 amide bonds. The van der Waals surface area contributed by atoms with E-state index >= 15 is 0 Å². The van der Waals surface area contributed by atoms with Gasteiger partial charge >= 0.3 is 0 Å². The molecule has 0 radical (unpaired) electrons. The predicted molar refractivity (Wildman–Crippen MR) is 71.9 cm³/mol. The Kier molecular flexibility index (Phi) is 5.94. The lowest BCUT2D eigenvalue weighted by molar-refractivity contribution is 0.235. The van der Waals surface area contributed by atoms with Crippen molar-refractivity contribution in [3.05, 3.63) is 0 Å². The lowest BCUT2D eigenvalue weighted by Gasteiger charge is -2.21. The summed E-state index contributed by atoms with van der Waals surface area (Å²) >= 11 is 0. The minimum absolute atomic E-state index is 0.130. The third-order valence-corrected chi connectivity index (χ3v) is 3.82. The molecule has 1 rings (SSSR count). The highest BCUT2D eigenvalue weighted by atomic mass is 16.6. The zero-order valence-electron chi connectivity index (χ0n) is 12.1. The van der Waals surface area contributed by atoms with Crippen LogP contribution >= 0.6 is 0 Å². The summed E-state index contributed by atoms with van der Waals surface area (Å²) in [4.78, 5) is 0. The molecule has 0 bridgehead atoms. The van der Waals surface area contributed by atoms with Gasteiger partial charge in [-0.05, 0) is 42.9 Å². The summed E-state index contributed by atoms with van der Waals surface area (Å²) in [5, 5.41) is 8.98. The predicted octanol–water partition coefficient (Wildman–Crippen LogP) is 3.48. The van der Waals surface area contributed by atoms with Crippen LogP contribution in [-0.4, -0.2) is 23.9 Å². The number of hydrogen-bond acceptors (Lipinski definition) is 2. The number of aliphatic hydroxyl groups excluding tert-OH is 1. The van der Waals surface area contributed by atoms with Crippen LogP contribution in [0.5, 0.6) is 0 Å². The van der Waals surface area contributed by atoms with Gasteiger partial charge in [-0.15, -0.1) is 0 Å². The molecule has 1 N–H and O–H groups in total. The molecule has 2 nitrogen and oxygen atoms in total. The van der Waals surface area contributed by atoms with Gasteiger partial charge in [0.25, 0.3) is 0 Å². The molecular weight excluding hydrogens is 212 g/mol. The van der Waals surface area contributed by atoms with Crippen molar-refractivity contribution in [3.8, 4) is 0 Å². The molecule has 0 aromatic rings. The molecule has 5 atom stereocenters. The maximum atomic E-state index is 8.98. The Balaban J connectivity index is 2.18. The molecule has 1 fully saturated rings. The smallest absolute Gasteiger partial charge is 0.107 e. The summed E-state index contributed by atoms with van der Waals surface area (Å²) in [6.07, 6.45) is 4.33. The summed E-state index contributed by atoms with van der Waals surface area (Å²) in [5.41, 5.74) is 0. The number of hydrogen-bond donors (Lipinski definition) is 1. The fraction of sp³-hybridized carbons (Fsp3) is 1.00. The van der Waals surface area contributed by atoms with Crippen LogP contribution in [-0.2, 0) is 4.74 Å². The average Bonchev–Trinajstić information content (AvgIpc) is 2.94. The molecular formula is C15H30O2. The van der Waals surface area contributed by atoms with E-state index in [0.717, 1.165) is 17.8 Å². The normalized spacial score (nSPS) is 29.1. The Hall–Kier alpha value is -0.0800. The lowest BCUT2D eigenvalue weighted by atomic mass is 9.85. The summed E-state index contributed by atoms with van der Waals surface area (Å²) in [6, 6.07) is 0. The first kappa shape index (κ1) is 15.0.